The van der Waals surface area contributed by atoms with Crippen molar-refractivity contribution in [2.75, 3.05) is 6.54 Å². The molecule has 2 aromatic rings. The lowest BCUT2D eigenvalue weighted by Crippen LogP contribution is -2.58. The van der Waals surface area contributed by atoms with Crippen molar-refractivity contribution >= 4 is 29.7 Å². The highest BCUT2D eigenvalue weighted by atomic mass is 16.4. The summed E-state index contributed by atoms with van der Waals surface area (Å²) in [7, 11) is 0. The maximum atomic E-state index is 13.2. The van der Waals surface area contributed by atoms with Crippen LogP contribution in [-0.4, -0.2) is 85.7 Å². The number of carbonyl (C=O) groups is 5. The predicted octanol–water partition coefficient (Wildman–Crippen LogP) is -1.63. The van der Waals surface area contributed by atoms with Crippen LogP contribution in [-0.2, 0) is 36.8 Å². The van der Waals surface area contributed by atoms with E-state index in [1.165, 1.54) is 36.8 Å². The van der Waals surface area contributed by atoms with Crippen LogP contribution >= 0.6 is 0 Å². The molecule has 218 valence electrons. The first kappa shape index (κ1) is 31.7. The van der Waals surface area contributed by atoms with Crippen LogP contribution in [0.5, 0.6) is 5.75 Å². The van der Waals surface area contributed by atoms with Gasteiger partial charge in [-0.25, -0.2) is 9.78 Å². The van der Waals surface area contributed by atoms with Crippen LogP contribution in [0.1, 0.15) is 36.9 Å². The number of unbranched alkanes of at least 4 members (excludes halogenated alkanes) is 1. The van der Waals surface area contributed by atoms with Crippen molar-refractivity contribution in [3.8, 4) is 5.75 Å². The number of aromatic nitrogens is 2. The first-order chi connectivity index (χ1) is 19.0. The molecule has 0 aliphatic heterocycles. The number of nitrogens with zero attached hydrogens (tertiary/aromatic N) is 1. The minimum absolute atomic E-state index is 0.0125. The van der Waals surface area contributed by atoms with E-state index in [2.05, 4.69) is 25.9 Å². The average Bonchev–Trinajstić information content (AvgIpc) is 3.41. The second kappa shape index (κ2) is 15.8. The number of nitrogens with one attached hydrogen (secondary N) is 4. The highest BCUT2D eigenvalue weighted by Crippen LogP contribution is 2.12. The zero-order valence-electron chi connectivity index (χ0n) is 21.7. The molecular weight excluding hydrogens is 526 g/mol. The van der Waals surface area contributed by atoms with Crippen molar-refractivity contribution in [1.82, 2.24) is 25.9 Å². The Morgan fingerprint density at radius 2 is 1.50 bits per heavy atom. The maximum absolute atomic E-state index is 13.2. The van der Waals surface area contributed by atoms with Gasteiger partial charge in [-0.2, -0.15) is 0 Å². The molecule has 15 heteroatoms. The molecule has 15 nitrogen and oxygen atoms in total. The van der Waals surface area contributed by atoms with Crippen molar-refractivity contribution in [2.24, 2.45) is 11.5 Å². The number of amides is 3. The molecule has 4 unspecified atom stereocenters. The van der Waals surface area contributed by atoms with E-state index in [1.54, 1.807) is 0 Å². The number of phenols is 1. The minimum Gasteiger partial charge on any atom is -0.508 e. The lowest BCUT2D eigenvalue weighted by molar-refractivity contribution is -0.143. The number of hydrogen-bond donors (Lipinski definition) is 9. The molecule has 4 atom stereocenters. The Balaban J connectivity index is 2.18. The molecule has 11 N–H and O–H groups in total. The van der Waals surface area contributed by atoms with Crippen molar-refractivity contribution in [2.45, 2.75) is 62.7 Å². The fourth-order valence-corrected chi connectivity index (χ4v) is 3.74. The van der Waals surface area contributed by atoms with Gasteiger partial charge in [0.05, 0.1) is 18.8 Å². The fourth-order valence-electron chi connectivity index (χ4n) is 3.74. The summed E-state index contributed by atoms with van der Waals surface area (Å²) in [5.74, 6) is -5.32. The monoisotopic (exact) mass is 561 g/mol. The summed E-state index contributed by atoms with van der Waals surface area (Å²) in [5, 5.41) is 35.5. The van der Waals surface area contributed by atoms with Crippen molar-refractivity contribution in [3.05, 3.63) is 48.0 Å². The number of nitrogens with two attached hydrogens (primary N) is 2. The lowest BCUT2D eigenvalue weighted by atomic mass is 10.0. The SMILES string of the molecule is NCCCCC(N)C(=O)NC(CC(=O)O)C(=O)NC(Cc1cnc[nH]1)C(=O)NC(Cc1ccc(O)cc1)C(=O)O. The van der Waals surface area contributed by atoms with E-state index in [-0.39, 0.29) is 25.0 Å². The maximum Gasteiger partial charge on any atom is 0.326 e. The molecule has 0 aliphatic rings. The molecule has 0 radical (unpaired) electrons. The Labute approximate surface area is 229 Å². The highest BCUT2D eigenvalue weighted by Gasteiger charge is 2.32. The third kappa shape index (κ3) is 10.7. The fraction of sp³-hybridized carbons (Fsp3) is 0.440. The summed E-state index contributed by atoms with van der Waals surface area (Å²) in [6, 6.07) is 0.435. The zero-order valence-corrected chi connectivity index (χ0v) is 21.7. The van der Waals surface area contributed by atoms with Crippen LogP contribution in [0, 0.1) is 0 Å². The number of benzene rings is 1. The summed E-state index contributed by atoms with van der Waals surface area (Å²) in [5.41, 5.74) is 12.2. The number of carboxylic acids is 2. The summed E-state index contributed by atoms with van der Waals surface area (Å²) in [4.78, 5) is 68.7. The average molecular weight is 562 g/mol. The van der Waals surface area contributed by atoms with E-state index in [9.17, 15) is 39.3 Å². The lowest BCUT2D eigenvalue weighted by Gasteiger charge is -2.24. The summed E-state index contributed by atoms with van der Waals surface area (Å²) < 4.78 is 0. The quantitative estimate of drug-likeness (QED) is 0.0990. The van der Waals surface area contributed by atoms with Gasteiger partial charge in [-0.3, -0.25) is 19.2 Å². The van der Waals surface area contributed by atoms with Crippen LogP contribution in [0.3, 0.4) is 0 Å². The van der Waals surface area contributed by atoms with E-state index in [0.717, 1.165) is 0 Å². The van der Waals surface area contributed by atoms with E-state index < -0.39 is 60.2 Å². The number of H-pyrrole nitrogens is 1. The Morgan fingerprint density at radius 3 is 2.08 bits per heavy atom. The second-order valence-electron chi connectivity index (χ2n) is 9.16. The predicted molar refractivity (Wildman–Crippen MR) is 141 cm³/mol. The van der Waals surface area contributed by atoms with Gasteiger partial charge in [0.1, 0.15) is 23.9 Å². The molecule has 0 saturated carbocycles. The smallest absolute Gasteiger partial charge is 0.326 e. The molecule has 0 bridgehead atoms. The minimum atomic E-state index is -1.56. The van der Waals surface area contributed by atoms with Gasteiger partial charge >= 0.3 is 11.9 Å². The molecule has 2 rings (SSSR count). The van der Waals surface area contributed by atoms with Crippen molar-refractivity contribution in [3.63, 3.8) is 0 Å². The van der Waals surface area contributed by atoms with Crippen LogP contribution < -0.4 is 27.4 Å². The Morgan fingerprint density at radius 1 is 0.875 bits per heavy atom. The van der Waals surface area contributed by atoms with E-state index in [1.807, 2.05) is 0 Å². The molecule has 3 amide bonds. The van der Waals surface area contributed by atoms with Gasteiger partial charge in [-0.1, -0.05) is 18.6 Å². The number of phenolic OH excluding ortho intramolecular Hbond substituents is 1. The van der Waals surface area contributed by atoms with E-state index in [4.69, 9.17) is 11.5 Å². The van der Waals surface area contributed by atoms with Gasteiger partial charge in [-0.05, 0) is 37.1 Å². The topological polar surface area (TPSA) is 263 Å². The van der Waals surface area contributed by atoms with Crippen LogP contribution in [0.15, 0.2) is 36.8 Å². The summed E-state index contributed by atoms with van der Waals surface area (Å²) >= 11 is 0. The van der Waals surface area contributed by atoms with Gasteiger partial charge in [-0.15, -0.1) is 0 Å². The van der Waals surface area contributed by atoms with Crippen LogP contribution in [0.2, 0.25) is 0 Å². The van der Waals surface area contributed by atoms with Gasteiger partial charge in [0.15, 0.2) is 0 Å². The number of rotatable bonds is 17. The number of hydrogen-bond acceptors (Lipinski definition) is 9. The number of carbonyl (C=O) groups excluding carboxylic acids is 3. The Bertz CT molecular complexity index is 1140. The third-order valence-electron chi connectivity index (χ3n) is 5.92. The molecule has 1 heterocycles. The largest absolute Gasteiger partial charge is 0.508 e. The second-order valence-corrected chi connectivity index (χ2v) is 9.16. The first-order valence-electron chi connectivity index (χ1n) is 12.6. The molecule has 0 saturated heterocycles. The number of aromatic amines is 1. The van der Waals surface area contributed by atoms with Crippen molar-refractivity contribution < 1.29 is 39.3 Å². The number of carboxylic acid groups (broad SMARTS) is 2. The van der Waals surface area contributed by atoms with E-state index >= 15 is 0 Å². The molecular formula is C25H35N7O8. The molecule has 1 aromatic carbocycles. The van der Waals surface area contributed by atoms with Gasteiger partial charge in [0, 0.05) is 24.7 Å². The van der Waals surface area contributed by atoms with Gasteiger partial charge in [0.2, 0.25) is 17.7 Å². The molecule has 1 aromatic heterocycles. The molecule has 0 fully saturated rings. The Hall–Kier alpha value is -4.50. The normalized spacial score (nSPS) is 13.8. The van der Waals surface area contributed by atoms with Crippen LogP contribution in [0.25, 0.3) is 0 Å². The first-order valence-corrected chi connectivity index (χ1v) is 12.6. The molecule has 0 spiro atoms. The van der Waals surface area contributed by atoms with Gasteiger partial charge < -0.3 is 47.7 Å². The number of imidazole rings is 1. The standard InChI is InChI=1S/C25H35N7O8/c26-8-2-1-3-17(27)22(36)30-19(11-21(34)35)24(38)31-18(10-15-12-28-13-29-15)23(37)32-20(25(39)40)9-14-4-6-16(33)7-5-14/h4-7,12-13,17-20,33H,1-3,8-11,26-27H2,(H,28,29)(H,30,36)(H,31,38)(H,32,37)(H,34,35)(H,39,40). The third-order valence-corrected chi connectivity index (χ3v) is 5.92. The summed E-state index contributed by atoms with van der Waals surface area (Å²) in [6.45, 7) is 0.413. The Kier molecular flexibility index (Phi) is 12.5. The van der Waals surface area contributed by atoms with Crippen molar-refractivity contribution in [1.29, 1.82) is 0 Å². The molecule has 40 heavy (non-hydrogen) atoms. The van der Waals surface area contributed by atoms with Crippen LogP contribution in [0.4, 0.5) is 0 Å². The summed E-state index contributed by atoms with van der Waals surface area (Å²) in [6.07, 6.45) is 3.15. The number of aromatic hydroxyl groups is 1. The highest BCUT2D eigenvalue weighted by molar-refractivity contribution is 5.95. The van der Waals surface area contributed by atoms with Gasteiger partial charge in [0.25, 0.3) is 0 Å². The number of aliphatic carboxylic acids is 2. The zero-order chi connectivity index (χ0) is 29.7. The molecule has 0 aliphatic carbocycles. The van der Waals surface area contributed by atoms with E-state index in [0.29, 0.717) is 30.6 Å².